The van der Waals surface area contributed by atoms with Gasteiger partial charge in [-0.25, -0.2) is 4.79 Å². The van der Waals surface area contributed by atoms with Crippen LogP contribution in [-0.2, 0) is 19.1 Å². The van der Waals surface area contributed by atoms with Gasteiger partial charge < -0.3 is 30.7 Å². The first-order valence-corrected chi connectivity index (χ1v) is 14.8. The molecule has 0 bridgehead atoms. The van der Waals surface area contributed by atoms with E-state index in [0.717, 1.165) is 22.3 Å². The lowest BCUT2D eigenvalue weighted by molar-refractivity contribution is -0.141. The number of hydrogen-bond acceptors (Lipinski definition) is 6. The van der Waals surface area contributed by atoms with Crippen LogP contribution < -0.4 is 16.4 Å². The Kier molecular flexibility index (Phi) is 11.3. The molecular weight excluding hydrogens is 544 g/mol. The van der Waals surface area contributed by atoms with Gasteiger partial charge in [0.25, 0.3) is 0 Å². The first kappa shape index (κ1) is 31.7. The highest BCUT2D eigenvalue weighted by Crippen LogP contribution is 2.36. The second kappa shape index (κ2) is 15.3. The lowest BCUT2D eigenvalue weighted by Crippen LogP contribution is -2.55. The van der Waals surface area contributed by atoms with Gasteiger partial charge in [-0.3, -0.25) is 9.59 Å². The van der Waals surface area contributed by atoms with Gasteiger partial charge in [0.15, 0.2) is 0 Å². The van der Waals surface area contributed by atoms with E-state index >= 15 is 0 Å². The highest BCUT2D eigenvalue weighted by atomic mass is 16.6. The Morgan fingerprint density at radius 2 is 1.56 bits per heavy atom. The van der Waals surface area contributed by atoms with Crippen LogP contribution >= 0.6 is 0 Å². The zero-order valence-electron chi connectivity index (χ0n) is 25.1. The second-order valence-electron chi connectivity index (χ2n) is 10.9. The molecule has 0 spiro atoms. The number of methoxy groups -OCH3 is 1. The van der Waals surface area contributed by atoms with Gasteiger partial charge in [0.2, 0.25) is 11.8 Å². The van der Waals surface area contributed by atoms with E-state index in [9.17, 15) is 14.4 Å². The molecule has 3 amide bonds. The summed E-state index contributed by atoms with van der Waals surface area (Å²) in [6.07, 6.45) is -0.605. The number of ether oxygens (including phenoxy) is 2. The van der Waals surface area contributed by atoms with Crippen molar-refractivity contribution >= 4 is 17.9 Å². The molecule has 9 heteroatoms. The van der Waals surface area contributed by atoms with Gasteiger partial charge in [-0.15, -0.1) is 0 Å². The molecular formula is C34H42N4O5. The number of nitrogens with two attached hydrogens (primary N) is 1. The third-order valence-corrected chi connectivity index (χ3v) is 7.84. The van der Waals surface area contributed by atoms with Crippen molar-refractivity contribution in [3.8, 4) is 0 Å². The summed E-state index contributed by atoms with van der Waals surface area (Å²) >= 11 is 0. The maximum Gasteiger partial charge on any atom is 0.407 e. The number of alkyl carbamates (subject to hydrolysis) is 1. The molecule has 228 valence electrons. The summed E-state index contributed by atoms with van der Waals surface area (Å²) in [6, 6.07) is 24.7. The van der Waals surface area contributed by atoms with Crippen LogP contribution in [0.15, 0.2) is 84.9 Å². The van der Waals surface area contributed by atoms with Crippen LogP contribution in [0.3, 0.4) is 0 Å². The first-order valence-electron chi connectivity index (χ1n) is 14.8. The van der Waals surface area contributed by atoms with Crippen LogP contribution in [0.1, 0.15) is 54.0 Å². The molecule has 0 aromatic heterocycles. The second-order valence-corrected chi connectivity index (χ2v) is 10.9. The van der Waals surface area contributed by atoms with Crippen molar-refractivity contribution < 1.29 is 23.9 Å². The summed E-state index contributed by atoms with van der Waals surface area (Å²) in [6.45, 7) is 4.82. The third-order valence-electron chi connectivity index (χ3n) is 7.84. The van der Waals surface area contributed by atoms with E-state index in [-0.39, 0.29) is 12.5 Å². The molecule has 1 aliphatic rings. The number of carbonyl (C=O) groups excluding carboxylic acids is 3. The average molecular weight is 587 g/mol. The number of amides is 3. The number of hydrogen-bond donors (Lipinski definition) is 3. The maximum absolute atomic E-state index is 14.4. The Labute approximate surface area is 253 Å². The summed E-state index contributed by atoms with van der Waals surface area (Å²) in [5.41, 5.74) is 9.93. The molecule has 1 heterocycles. The minimum atomic E-state index is -1.10. The highest BCUT2D eigenvalue weighted by Gasteiger charge is 2.51. The predicted octanol–water partition coefficient (Wildman–Crippen LogP) is 4.06. The van der Waals surface area contributed by atoms with Crippen molar-refractivity contribution in [3.63, 3.8) is 0 Å². The monoisotopic (exact) mass is 586 g/mol. The summed E-state index contributed by atoms with van der Waals surface area (Å²) in [5.74, 6) is -1.23. The average Bonchev–Trinajstić information content (AvgIpc) is 3.41. The van der Waals surface area contributed by atoms with Crippen LogP contribution in [-0.4, -0.2) is 67.8 Å². The number of benzene rings is 3. The molecule has 43 heavy (non-hydrogen) atoms. The fraction of sp³-hybridized carbons (Fsp3) is 0.382. The minimum absolute atomic E-state index is 0.177. The summed E-state index contributed by atoms with van der Waals surface area (Å²) in [7, 11) is 1.59. The van der Waals surface area contributed by atoms with Gasteiger partial charge in [0.05, 0.1) is 12.1 Å². The first-order chi connectivity index (χ1) is 20.8. The van der Waals surface area contributed by atoms with Crippen LogP contribution in [0.2, 0.25) is 0 Å². The van der Waals surface area contributed by atoms with E-state index < -0.39 is 42.1 Å². The molecule has 4 atom stereocenters. The van der Waals surface area contributed by atoms with Crippen molar-refractivity contribution in [2.24, 2.45) is 5.73 Å². The molecule has 1 fully saturated rings. The number of rotatable bonds is 12. The Bertz CT molecular complexity index is 1300. The lowest BCUT2D eigenvalue weighted by Gasteiger charge is -2.31. The minimum Gasteiger partial charge on any atom is -0.443 e. The summed E-state index contributed by atoms with van der Waals surface area (Å²) in [4.78, 5) is 42.6. The Morgan fingerprint density at radius 3 is 2.12 bits per heavy atom. The number of likely N-dealkylation sites (tertiary alicyclic amines) is 1. The molecule has 9 nitrogen and oxygen atoms in total. The smallest absolute Gasteiger partial charge is 0.407 e. The van der Waals surface area contributed by atoms with E-state index in [2.05, 4.69) is 10.6 Å². The number of nitrogens with zero attached hydrogens (tertiary/aromatic N) is 1. The van der Waals surface area contributed by atoms with Crippen LogP contribution in [0.5, 0.6) is 0 Å². The van der Waals surface area contributed by atoms with E-state index in [1.54, 1.807) is 7.11 Å². The van der Waals surface area contributed by atoms with Gasteiger partial charge in [-0.05, 0) is 36.5 Å². The van der Waals surface area contributed by atoms with E-state index in [4.69, 9.17) is 15.2 Å². The molecule has 3 aromatic carbocycles. The van der Waals surface area contributed by atoms with Crippen molar-refractivity contribution in [3.05, 3.63) is 107 Å². The molecule has 3 aromatic rings. The Balaban J connectivity index is 1.72. The standard InChI is InChI=1S/C34H42N4O5/c1-4-28(35)33(40)38-22-27(24-18-16-23(2)17-19-24)31(43-34(41)36-20-11-21-42-3)30(38)32(39)37-29(25-12-7-5-8-13-25)26-14-9-6-10-15-26/h5-10,12-19,27-31H,4,11,20-22,35H2,1-3H3,(H,36,41)(H,37,39)/t27-,28+,30+,31-/m1/s1. The fourth-order valence-electron chi connectivity index (χ4n) is 5.44. The molecule has 4 N–H and O–H groups in total. The van der Waals surface area contributed by atoms with Gasteiger partial charge in [0, 0.05) is 32.7 Å². The summed E-state index contributed by atoms with van der Waals surface area (Å²) in [5, 5.41) is 5.93. The largest absolute Gasteiger partial charge is 0.443 e. The zero-order valence-corrected chi connectivity index (χ0v) is 25.1. The fourth-order valence-corrected chi connectivity index (χ4v) is 5.44. The van der Waals surface area contributed by atoms with E-state index in [1.807, 2.05) is 98.8 Å². The third kappa shape index (κ3) is 8.00. The van der Waals surface area contributed by atoms with Gasteiger partial charge in [-0.1, -0.05) is 97.4 Å². The molecule has 0 radical (unpaired) electrons. The molecule has 0 aliphatic carbocycles. The number of carbonyl (C=O) groups is 3. The van der Waals surface area contributed by atoms with Crippen molar-refractivity contribution in [2.75, 3.05) is 26.8 Å². The Morgan fingerprint density at radius 1 is 0.953 bits per heavy atom. The topological polar surface area (TPSA) is 123 Å². The van der Waals surface area contributed by atoms with Gasteiger partial charge in [-0.2, -0.15) is 0 Å². The molecule has 0 unspecified atom stereocenters. The van der Waals surface area contributed by atoms with Crippen LogP contribution in [0.25, 0.3) is 0 Å². The number of nitrogens with one attached hydrogen (secondary N) is 2. The molecule has 1 saturated heterocycles. The lowest BCUT2D eigenvalue weighted by atomic mass is 9.92. The molecule has 0 saturated carbocycles. The number of aryl methyl sites for hydroxylation is 1. The van der Waals surface area contributed by atoms with Crippen molar-refractivity contribution in [1.29, 1.82) is 0 Å². The molecule has 1 aliphatic heterocycles. The Hall–Kier alpha value is -4.21. The van der Waals surface area contributed by atoms with Crippen molar-refractivity contribution in [2.45, 2.75) is 56.8 Å². The van der Waals surface area contributed by atoms with E-state index in [1.165, 1.54) is 4.90 Å². The van der Waals surface area contributed by atoms with Crippen molar-refractivity contribution in [1.82, 2.24) is 15.5 Å². The summed E-state index contributed by atoms with van der Waals surface area (Å²) < 4.78 is 11.1. The van der Waals surface area contributed by atoms with Gasteiger partial charge in [0.1, 0.15) is 12.1 Å². The SMILES string of the molecule is CC[C@H](N)C(=O)N1C[C@H](c2ccc(C)cc2)[C@@H](OC(=O)NCCCOC)[C@H]1C(=O)NC(c1ccccc1)c1ccccc1. The van der Waals surface area contributed by atoms with Gasteiger partial charge >= 0.3 is 6.09 Å². The quantitative estimate of drug-likeness (QED) is 0.275. The normalized spacial score (nSPS) is 18.7. The zero-order chi connectivity index (χ0) is 30.8. The highest BCUT2D eigenvalue weighted by molar-refractivity contribution is 5.92. The molecule has 4 rings (SSSR count). The van der Waals surface area contributed by atoms with Crippen LogP contribution in [0, 0.1) is 6.92 Å². The predicted molar refractivity (Wildman–Crippen MR) is 165 cm³/mol. The van der Waals surface area contributed by atoms with E-state index in [0.29, 0.717) is 26.0 Å². The maximum atomic E-state index is 14.4. The van der Waals surface area contributed by atoms with Crippen LogP contribution in [0.4, 0.5) is 4.79 Å².